The number of fused-ring (bicyclic) bond motifs is 1. The summed E-state index contributed by atoms with van der Waals surface area (Å²) < 4.78 is 0. The molecular weight excluding hydrogens is 136 g/mol. The number of nitrogens with zero attached hydrogens (tertiary/aromatic N) is 2. The molecule has 2 atom stereocenters. The van der Waals surface area contributed by atoms with Crippen LogP contribution in [0.4, 0.5) is 0 Å². The van der Waals surface area contributed by atoms with E-state index < -0.39 is 0 Å². The van der Waals surface area contributed by atoms with Crippen molar-refractivity contribution in [3.8, 4) is 0 Å². The number of hydrogen-bond donors (Lipinski definition) is 0. The Morgan fingerprint density at radius 1 is 1.36 bits per heavy atom. The summed E-state index contributed by atoms with van der Waals surface area (Å²) in [4.78, 5) is 8.33. The van der Waals surface area contributed by atoms with Gasteiger partial charge < -0.3 is 0 Å². The molecule has 1 aliphatic heterocycles. The predicted molar refractivity (Wildman–Crippen MR) is 47.2 cm³/mol. The van der Waals surface area contributed by atoms with Gasteiger partial charge in [0.2, 0.25) is 0 Å². The maximum absolute atomic E-state index is 4.32. The first kappa shape index (κ1) is 6.53. The molecule has 0 bridgehead atoms. The SMILES string of the molecule is CC12C=CC=CC1C=NC=N2. The summed E-state index contributed by atoms with van der Waals surface area (Å²) in [5.41, 5.74) is -0.0729. The lowest BCUT2D eigenvalue weighted by Gasteiger charge is -2.30. The number of aliphatic imine (C=N–C) groups is 2. The highest BCUT2D eigenvalue weighted by Gasteiger charge is 2.30. The van der Waals surface area contributed by atoms with E-state index in [1.54, 1.807) is 6.34 Å². The van der Waals surface area contributed by atoms with Crippen molar-refractivity contribution in [1.82, 2.24) is 0 Å². The first-order chi connectivity index (χ1) is 5.31. The number of rotatable bonds is 0. The second-order valence-corrected chi connectivity index (χ2v) is 3.04. The first-order valence-electron chi connectivity index (χ1n) is 3.74. The fourth-order valence-corrected chi connectivity index (χ4v) is 1.36. The summed E-state index contributed by atoms with van der Waals surface area (Å²) in [5, 5.41) is 0. The van der Waals surface area contributed by atoms with E-state index in [0.717, 1.165) is 0 Å². The van der Waals surface area contributed by atoms with Gasteiger partial charge in [0.15, 0.2) is 0 Å². The van der Waals surface area contributed by atoms with E-state index in [1.807, 2.05) is 18.4 Å². The van der Waals surface area contributed by atoms with Crippen LogP contribution in [-0.2, 0) is 0 Å². The van der Waals surface area contributed by atoms with Crippen LogP contribution in [0.3, 0.4) is 0 Å². The van der Waals surface area contributed by atoms with Gasteiger partial charge in [0.25, 0.3) is 0 Å². The Morgan fingerprint density at radius 2 is 2.27 bits per heavy atom. The van der Waals surface area contributed by atoms with E-state index in [1.165, 1.54) is 0 Å². The van der Waals surface area contributed by atoms with Crippen molar-refractivity contribution in [3.63, 3.8) is 0 Å². The summed E-state index contributed by atoms with van der Waals surface area (Å²) in [6.07, 6.45) is 11.9. The number of hydrogen-bond acceptors (Lipinski definition) is 2. The van der Waals surface area contributed by atoms with Crippen LogP contribution in [0, 0.1) is 5.92 Å². The third-order valence-corrected chi connectivity index (χ3v) is 2.19. The van der Waals surface area contributed by atoms with Crippen molar-refractivity contribution in [2.45, 2.75) is 12.5 Å². The Bertz CT molecular complexity index is 247. The van der Waals surface area contributed by atoms with Gasteiger partial charge in [-0.3, -0.25) is 4.99 Å². The first-order valence-corrected chi connectivity index (χ1v) is 3.74. The third kappa shape index (κ3) is 0.946. The Labute approximate surface area is 66.1 Å². The molecule has 2 heteroatoms. The van der Waals surface area contributed by atoms with E-state index in [2.05, 4.69) is 29.1 Å². The lowest BCUT2D eigenvalue weighted by Crippen LogP contribution is -2.33. The average molecular weight is 146 g/mol. The summed E-state index contributed by atoms with van der Waals surface area (Å²) in [5.74, 6) is 0.345. The third-order valence-electron chi connectivity index (χ3n) is 2.19. The molecule has 0 N–H and O–H groups in total. The Morgan fingerprint density at radius 3 is 3.09 bits per heavy atom. The molecule has 1 aliphatic carbocycles. The fraction of sp³-hybridized carbons (Fsp3) is 0.333. The fourth-order valence-electron chi connectivity index (χ4n) is 1.36. The van der Waals surface area contributed by atoms with Crippen molar-refractivity contribution < 1.29 is 0 Å². The van der Waals surface area contributed by atoms with Gasteiger partial charge >= 0.3 is 0 Å². The van der Waals surface area contributed by atoms with E-state index in [0.29, 0.717) is 5.92 Å². The highest BCUT2D eigenvalue weighted by atomic mass is 15.0. The van der Waals surface area contributed by atoms with Gasteiger partial charge in [0.05, 0.1) is 5.54 Å². The largest absolute Gasteiger partial charge is 0.262 e. The second-order valence-electron chi connectivity index (χ2n) is 3.04. The van der Waals surface area contributed by atoms with Crippen LogP contribution in [0.1, 0.15) is 6.92 Å². The van der Waals surface area contributed by atoms with Gasteiger partial charge in [0, 0.05) is 12.1 Å². The molecule has 2 rings (SSSR count). The Balaban J connectivity index is 2.40. The molecule has 2 unspecified atom stereocenters. The second kappa shape index (κ2) is 2.16. The minimum atomic E-state index is -0.0729. The van der Waals surface area contributed by atoms with Gasteiger partial charge in [-0.25, -0.2) is 4.99 Å². The zero-order valence-electron chi connectivity index (χ0n) is 6.44. The van der Waals surface area contributed by atoms with Crippen LogP contribution >= 0.6 is 0 Å². The standard InChI is InChI=1S/C9H10N2/c1-9-5-3-2-4-8(9)6-10-7-11-9/h2-8H,1H3. The monoisotopic (exact) mass is 146 g/mol. The average Bonchev–Trinajstić information content (AvgIpc) is 2.03. The molecule has 0 aromatic heterocycles. The topological polar surface area (TPSA) is 24.7 Å². The van der Waals surface area contributed by atoms with E-state index >= 15 is 0 Å². The maximum atomic E-state index is 4.32. The minimum absolute atomic E-state index is 0.0729. The normalized spacial score (nSPS) is 39.2. The van der Waals surface area contributed by atoms with Crippen LogP contribution in [0.25, 0.3) is 0 Å². The van der Waals surface area contributed by atoms with E-state index in [9.17, 15) is 0 Å². The molecule has 0 fully saturated rings. The van der Waals surface area contributed by atoms with Gasteiger partial charge in [-0.05, 0) is 6.92 Å². The summed E-state index contributed by atoms with van der Waals surface area (Å²) in [6.45, 7) is 2.11. The van der Waals surface area contributed by atoms with Crippen LogP contribution in [0.5, 0.6) is 0 Å². The van der Waals surface area contributed by atoms with Gasteiger partial charge in [-0.2, -0.15) is 0 Å². The molecule has 2 aliphatic rings. The van der Waals surface area contributed by atoms with Crippen LogP contribution < -0.4 is 0 Å². The highest BCUT2D eigenvalue weighted by molar-refractivity contribution is 5.80. The molecule has 1 heterocycles. The molecule has 2 nitrogen and oxygen atoms in total. The quantitative estimate of drug-likeness (QED) is 0.496. The van der Waals surface area contributed by atoms with Crippen molar-refractivity contribution in [2.75, 3.05) is 0 Å². The van der Waals surface area contributed by atoms with Crippen LogP contribution in [0.2, 0.25) is 0 Å². The molecule has 0 saturated carbocycles. The van der Waals surface area contributed by atoms with E-state index in [-0.39, 0.29) is 5.54 Å². The van der Waals surface area contributed by atoms with Crippen molar-refractivity contribution >= 4 is 12.6 Å². The summed E-state index contributed by atoms with van der Waals surface area (Å²) >= 11 is 0. The van der Waals surface area contributed by atoms with Gasteiger partial charge in [-0.15, -0.1) is 0 Å². The number of allylic oxidation sites excluding steroid dienone is 2. The molecule has 56 valence electrons. The molecule has 0 aromatic carbocycles. The van der Waals surface area contributed by atoms with Gasteiger partial charge in [-0.1, -0.05) is 24.3 Å². The zero-order valence-corrected chi connectivity index (χ0v) is 6.44. The molecule has 0 aromatic rings. The predicted octanol–water partition coefficient (Wildman–Crippen LogP) is 1.60. The van der Waals surface area contributed by atoms with Crippen molar-refractivity contribution in [1.29, 1.82) is 0 Å². The molecule has 0 spiro atoms. The molecule has 0 radical (unpaired) electrons. The molecular formula is C9H10N2. The molecule has 11 heavy (non-hydrogen) atoms. The van der Waals surface area contributed by atoms with Crippen LogP contribution in [0.15, 0.2) is 34.3 Å². The van der Waals surface area contributed by atoms with E-state index in [4.69, 9.17) is 0 Å². The molecule has 0 saturated heterocycles. The minimum Gasteiger partial charge on any atom is -0.262 e. The Hall–Kier alpha value is -1.18. The smallest absolute Gasteiger partial charge is 0.110 e. The lowest BCUT2D eigenvalue weighted by molar-refractivity contribution is 0.523. The summed E-state index contributed by atoms with van der Waals surface area (Å²) in [6, 6.07) is 0. The van der Waals surface area contributed by atoms with Crippen molar-refractivity contribution in [3.05, 3.63) is 24.3 Å². The van der Waals surface area contributed by atoms with Crippen LogP contribution in [-0.4, -0.2) is 18.1 Å². The molecule has 0 amide bonds. The van der Waals surface area contributed by atoms with Crippen molar-refractivity contribution in [2.24, 2.45) is 15.9 Å². The summed E-state index contributed by atoms with van der Waals surface area (Å²) in [7, 11) is 0. The lowest BCUT2D eigenvalue weighted by atomic mass is 9.83. The Kier molecular flexibility index (Phi) is 1.28. The highest BCUT2D eigenvalue weighted by Crippen LogP contribution is 2.28. The van der Waals surface area contributed by atoms with Gasteiger partial charge in [0.1, 0.15) is 6.34 Å². The maximum Gasteiger partial charge on any atom is 0.110 e. The zero-order chi connectivity index (χ0) is 7.73.